The van der Waals surface area contributed by atoms with Crippen LogP contribution in [0.4, 0.5) is 5.69 Å². The summed E-state index contributed by atoms with van der Waals surface area (Å²) in [6, 6.07) is 15.9. The van der Waals surface area contributed by atoms with Gasteiger partial charge >= 0.3 is 0 Å². The Hall–Kier alpha value is -3.65. The first-order valence-corrected chi connectivity index (χ1v) is 10.8. The van der Waals surface area contributed by atoms with Crippen LogP contribution in [0.1, 0.15) is 12.8 Å². The van der Waals surface area contributed by atoms with E-state index in [1.165, 1.54) is 0 Å². The number of H-pyrrole nitrogens is 1. The number of benzene rings is 2. The first-order chi connectivity index (χ1) is 15.5. The van der Waals surface area contributed by atoms with E-state index in [4.69, 9.17) is 15.5 Å². The molecule has 1 aliphatic rings. The van der Waals surface area contributed by atoms with Gasteiger partial charge in [0.05, 0.1) is 12.7 Å². The van der Waals surface area contributed by atoms with Gasteiger partial charge in [-0.1, -0.05) is 30.3 Å². The molecule has 164 valence electrons. The van der Waals surface area contributed by atoms with Crippen molar-refractivity contribution in [1.29, 1.82) is 0 Å². The van der Waals surface area contributed by atoms with Gasteiger partial charge in [0.2, 0.25) is 0 Å². The van der Waals surface area contributed by atoms with E-state index in [1.54, 1.807) is 18.8 Å². The minimum absolute atomic E-state index is 0.229. The molecular formula is C24H26N6O2. The lowest BCUT2D eigenvalue weighted by Crippen LogP contribution is -2.39. The summed E-state index contributed by atoms with van der Waals surface area (Å²) in [5.41, 5.74) is 9.64. The molecule has 8 nitrogen and oxygen atoms in total. The van der Waals surface area contributed by atoms with Crippen molar-refractivity contribution in [3.63, 3.8) is 0 Å². The highest BCUT2D eigenvalue weighted by molar-refractivity contribution is 5.91. The quantitative estimate of drug-likeness (QED) is 0.516. The molecule has 0 bridgehead atoms. The van der Waals surface area contributed by atoms with Gasteiger partial charge in [-0.3, -0.25) is 4.79 Å². The van der Waals surface area contributed by atoms with Crippen LogP contribution in [-0.2, 0) is 7.05 Å². The van der Waals surface area contributed by atoms with Crippen molar-refractivity contribution in [2.24, 2.45) is 12.8 Å². The minimum atomic E-state index is -0.229. The second-order valence-electron chi connectivity index (χ2n) is 8.16. The maximum atomic E-state index is 13.1. The summed E-state index contributed by atoms with van der Waals surface area (Å²) in [7, 11) is 3.43. The van der Waals surface area contributed by atoms with E-state index < -0.39 is 0 Å². The lowest BCUT2D eigenvalue weighted by Gasteiger charge is -2.32. The summed E-state index contributed by atoms with van der Waals surface area (Å²) in [6.07, 6.45) is 1.94. The lowest BCUT2D eigenvalue weighted by atomic mass is 10.0. The van der Waals surface area contributed by atoms with Crippen LogP contribution in [-0.4, -0.2) is 46.0 Å². The fourth-order valence-electron chi connectivity index (χ4n) is 4.31. The number of piperidine rings is 1. The summed E-state index contributed by atoms with van der Waals surface area (Å²) >= 11 is 0. The zero-order valence-electron chi connectivity index (χ0n) is 18.2. The van der Waals surface area contributed by atoms with Crippen LogP contribution in [0.25, 0.3) is 33.7 Å². The number of aryl methyl sites for hydroxylation is 1. The van der Waals surface area contributed by atoms with E-state index in [-0.39, 0.29) is 11.6 Å². The van der Waals surface area contributed by atoms with Gasteiger partial charge in [0.25, 0.3) is 5.56 Å². The van der Waals surface area contributed by atoms with Gasteiger partial charge in [-0.2, -0.15) is 5.10 Å². The molecule has 1 aliphatic heterocycles. The number of anilines is 1. The summed E-state index contributed by atoms with van der Waals surface area (Å²) in [5.74, 6) is 1.11. The first kappa shape index (κ1) is 20.3. The second kappa shape index (κ2) is 8.12. The molecule has 2 aromatic heterocycles. The molecule has 0 radical (unpaired) electrons. The number of nitrogens with two attached hydrogens (primary N) is 1. The largest absolute Gasteiger partial charge is 0.496 e. The molecule has 2 aromatic carbocycles. The zero-order valence-corrected chi connectivity index (χ0v) is 18.2. The third-order valence-corrected chi connectivity index (χ3v) is 6.09. The van der Waals surface area contributed by atoms with Crippen LogP contribution >= 0.6 is 0 Å². The van der Waals surface area contributed by atoms with E-state index >= 15 is 0 Å². The van der Waals surface area contributed by atoms with Crippen LogP contribution < -0.4 is 20.9 Å². The van der Waals surface area contributed by atoms with E-state index in [1.807, 2.05) is 48.5 Å². The Bertz CT molecular complexity index is 1320. The molecule has 1 fully saturated rings. The molecule has 1 saturated heterocycles. The fraction of sp³-hybridized carbons (Fsp3) is 0.292. The summed E-state index contributed by atoms with van der Waals surface area (Å²) in [4.78, 5) is 23.1. The molecule has 5 rings (SSSR count). The smallest absolute Gasteiger partial charge is 0.262 e. The fourth-order valence-corrected chi connectivity index (χ4v) is 4.31. The van der Waals surface area contributed by atoms with E-state index in [0.717, 1.165) is 42.7 Å². The van der Waals surface area contributed by atoms with Crippen molar-refractivity contribution in [1.82, 2.24) is 19.7 Å². The van der Waals surface area contributed by atoms with Crippen molar-refractivity contribution in [3.8, 4) is 28.4 Å². The number of aromatic nitrogens is 4. The average molecular weight is 431 g/mol. The molecule has 3 heterocycles. The summed E-state index contributed by atoms with van der Waals surface area (Å²) in [6.45, 7) is 1.84. The van der Waals surface area contributed by atoms with Crippen molar-refractivity contribution < 1.29 is 4.74 Å². The summed E-state index contributed by atoms with van der Waals surface area (Å²) < 4.78 is 7.32. The third-order valence-electron chi connectivity index (χ3n) is 6.09. The Labute approximate surface area is 185 Å². The summed E-state index contributed by atoms with van der Waals surface area (Å²) in [5, 5.41) is 5.04. The van der Waals surface area contributed by atoms with Crippen LogP contribution in [0.2, 0.25) is 0 Å². The number of hydrogen-bond acceptors (Lipinski definition) is 6. The van der Waals surface area contributed by atoms with Crippen LogP contribution in [0.5, 0.6) is 5.75 Å². The molecule has 0 unspecified atom stereocenters. The molecule has 3 N–H and O–H groups in total. The topological polar surface area (TPSA) is 102 Å². The number of nitrogens with one attached hydrogen (secondary N) is 1. The number of aromatic amines is 1. The number of fused-ring (bicyclic) bond motifs is 1. The third kappa shape index (κ3) is 3.52. The predicted octanol–water partition coefficient (Wildman–Crippen LogP) is 2.93. The lowest BCUT2D eigenvalue weighted by molar-refractivity contribution is 0.415. The predicted molar refractivity (Wildman–Crippen MR) is 126 cm³/mol. The molecule has 4 aromatic rings. The van der Waals surface area contributed by atoms with Crippen LogP contribution in [0.15, 0.2) is 53.3 Å². The minimum Gasteiger partial charge on any atom is -0.496 e. The molecule has 0 saturated carbocycles. The molecule has 8 heteroatoms. The van der Waals surface area contributed by atoms with Crippen LogP contribution in [0.3, 0.4) is 0 Å². The van der Waals surface area contributed by atoms with E-state index in [0.29, 0.717) is 28.3 Å². The van der Waals surface area contributed by atoms with Crippen molar-refractivity contribution in [2.45, 2.75) is 18.9 Å². The highest BCUT2D eigenvalue weighted by Gasteiger charge is 2.21. The van der Waals surface area contributed by atoms with Gasteiger partial charge < -0.3 is 20.4 Å². The average Bonchev–Trinajstić information content (AvgIpc) is 3.16. The van der Waals surface area contributed by atoms with Gasteiger partial charge in [0.15, 0.2) is 5.65 Å². The maximum absolute atomic E-state index is 13.1. The Balaban J connectivity index is 1.58. The maximum Gasteiger partial charge on any atom is 0.262 e. The zero-order chi connectivity index (χ0) is 22.2. The highest BCUT2D eigenvalue weighted by Crippen LogP contribution is 2.33. The molecule has 0 atom stereocenters. The number of methoxy groups -OCH3 is 1. The van der Waals surface area contributed by atoms with Gasteiger partial charge in [-0.05, 0) is 25.0 Å². The normalized spacial score (nSPS) is 14.8. The van der Waals surface area contributed by atoms with Gasteiger partial charge in [0.1, 0.15) is 22.7 Å². The molecule has 32 heavy (non-hydrogen) atoms. The highest BCUT2D eigenvalue weighted by atomic mass is 16.5. The number of rotatable bonds is 4. The molecule has 0 aliphatic carbocycles. The number of nitrogens with zero attached hydrogens (tertiary/aromatic N) is 4. The van der Waals surface area contributed by atoms with Gasteiger partial charge in [0, 0.05) is 43.5 Å². The number of hydrogen-bond donors (Lipinski definition) is 2. The van der Waals surface area contributed by atoms with Crippen molar-refractivity contribution in [2.75, 3.05) is 25.1 Å². The second-order valence-corrected chi connectivity index (χ2v) is 8.16. The SMILES string of the molecule is COc1cc(N2CCC(N)CC2)ccc1-c1nc2c(c(-c3ccccc3)nn2C)c(=O)[nH]1. The van der Waals surface area contributed by atoms with Gasteiger partial charge in [-0.15, -0.1) is 0 Å². The monoisotopic (exact) mass is 430 g/mol. The van der Waals surface area contributed by atoms with E-state index in [9.17, 15) is 4.79 Å². The van der Waals surface area contributed by atoms with E-state index in [2.05, 4.69) is 15.0 Å². The molecule has 0 amide bonds. The standard InChI is InChI=1S/C24H26N6O2/c1-29-23-20(21(28-29)15-6-4-3-5-7-15)24(31)27-22(26-23)18-9-8-17(14-19(18)32-2)30-12-10-16(25)11-13-30/h3-9,14,16H,10-13,25H2,1-2H3,(H,26,27,31). The Morgan fingerprint density at radius 3 is 2.59 bits per heavy atom. The Kier molecular flexibility index (Phi) is 5.14. The molecular weight excluding hydrogens is 404 g/mol. The van der Waals surface area contributed by atoms with Crippen molar-refractivity contribution >= 4 is 16.7 Å². The molecule has 0 spiro atoms. The first-order valence-electron chi connectivity index (χ1n) is 10.8. The Morgan fingerprint density at radius 2 is 1.88 bits per heavy atom. The number of ether oxygens (including phenoxy) is 1. The van der Waals surface area contributed by atoms with Crippen LogP contribution in [0, 0.1) is 0 Å². The van der Waals surface area contributed by atoms with Gasteiger partial charge in [-0.25, -0.2) is 9.67 Å². The Morgan fingerprint density at radius 1 is 1.12 bits per heavy atom. The van der Waals surface area contributed by atoms with Crippen molar-refractivity contribution in [3.05, 3.63) is 58.9 Å².